The van der Waals surface area contributed by atoms with E-state index in [1.54, 1.807) is 0 Å². The van der Waals surface area contributed by atoms with Crippen molar-refractivity contribution in [1.29, 1.82) is 0 Å². The first-order valence-corrected chi connectivity index (χ1v) is 4.22. The minimum atomic E-state index is 0. The highest BCUT2D eigenvalue weighted by atomic mass is 35.5. The van der Waals surface area contributed by atoms with E-state index in [1.807, 2.05) is 0 Å². The maximum atomic E-state index is 8.57. The summed E-state index contributed by atoms with van der Waals surface area (Å²) in [5.41, 5.74) is 0.00792. The van der Waals surface area contributed by atoms with E-state index in [2.05, 4.69) is 12.2 Å². The van der Waals surface area contributed by atoms with Gasteiger partial charge in [-0.2, -0.15) is 0 Å². The van der Waals surface area contributed by atoms with Gasteiger partial charge in [0.2, 0.25) is 0 Å². The Kier molecular flexibility index (Phi) is 5.84. The number of rotatable bonds is 3. The van der Waals surface area contributed by atoms with E-state index >= 15 is 0 Å². The Balaban J connectivity index is 0.00000121. The Labute approximate surface area is 79.9 Å². The summed E-state index contributed by atoms with van der Waals surface area (Å²) < 4.78 is 5.53. The van der Waals surface area contributed by atoms with Crippen LogP contribution < -0.4 is 5.32 Å². The zero-order valence-electron chi connectivity index (χ0n) is 7.51. The van der Waals surface area contributed by atoms with E-state index in [1.165, 1.54) is 0 Å². The van der Waals surface area contributed by atoms with E-state index in [0.29, 0.717) is 6.61 Å². The molecule has 0 aromatic carbocycles. The van der Waals surface area contributed by atoms with Gasteiger partial charge in [-0.15, -0.1) is 12.4 Å². The fourth-order valence-electron chi connectivity index (χ4n) is 1.39. The van der Waals surface area contributed by atoms with E-state index < -0.39 is 0 Å². The summed E-state index contributed by atoms with van der Waals surface area (Å²) in [6, 6.07) is 0. The third-order valence-electron chi connectivity index (χ3n) is 2.20. The highest BCUT2D eigenvalue weighted by Gasteiger charge is 2.26. The van der Waals surface area contributed by atoms with Crippen molar-refractivity contribution in [2.75, 3.05) is 26.3 Å². The minimum absolute atomic E-state index is 0. The third kappa shape index (κ3) is 3.72. The van der Waals surface area contributed by atoms with Crippen LogP contribution in [0.25, 0.3) is 0 Å². The molecule has 0 atom stereocenters. The molecule has 1 fully saturated rings. The van der Waals surface area contributed by atoms with Crippen molar-refractivity contribution in [2.24, 2.45) is 0 Å². The first kappa shape index (κ1) is 12.2. The maximum absolute atomic E-state index is 8.57. The summed E-state index contributed by atoms with van der Waals surface area (Å²) >= 11 is 0. The molecular formula is C8H18ClNO2. The molecular weight excluding hydrogens is 178 g/mol. The smallest absolute Gasteiger partial charge is 0.0705 e. The van der Waals surface area contributed by atoms with Crippen molar-refractivity contribution in [2.45, 2.75) is 25.4 Å². The molecule has 0 bridgehead atoms. The minimum Gasteiger partial charge on any atom is -0.394 e. The number of nitrogens with one attached hydrogen (secondary N) is 1. The second-order valence-corrected chi connectivity index (χ2v) is 3.27. The lowest BCUT2D eigenvalue weighted by atomic mass is 9.95. The van der Waals surface area contributed by atoms with Gasteiger partial charge in [0.15, 0.2) is 0 Å². The largest absolute Gasteiger partial charge is 0.394 e. The molecule has 0 spiro atoms. The van der Waals surface area contributed by atoms with Gasteiger partial charge in [-0.25, -0.2) is 0 Å². The van der Waals surface area contributed by atoms with E-state index in [4.69, 9.17) is 9.84 Å². The van der Waals surface area contributed by atoms with Crippen LogP contribution in [0.15, 0.2) is 0 Å². The molecule has 0 unspecified atom stereocenters. The Hall–Kier alpha value is 0.170. The van der Waals surface area contributed by atoms with Crippen LogP contribution in [0, 0.1) is 0 Å². The second-order valence-electron chi connectivity index (χ2n) is 3.27. The zero-order valence-corrected chi connectivity index (χ0v) is 8.32. The van der Waals surface area contributed by atoms with Gasteiger partial charge in [0.1, 0.15) is 0 Å². The summed E-state index contributed by atoms with van der Waals surface area (Å²) in [5.74, 6) is 0. The monoisotopic (exact) mass is 195 g/mol. The van der Waals surface area contributed by atoms with Crippen molar-refractivity contribution in [3.05, 3.63) is 0 Å². The normalized spacial score (nSPS) is 21.5. The summed E-state index contributed by atoms with van der Waals surface area (Å²) in [6.45, 7) is 4.77. The zero-order chi connectivity index (χ0) is 8.16. The Morgan fingerprint density at radius 1 is 1.42 bits per heavy atom. The van der Waals surface area contributed by atoms with Crippen LogP contribution >= 0.6 is 12.4 Å². The van der Waals surface area contributed by atoms with Crippen LogP contribution in [0.2, 0.25) is 0 Å². The lowest BCUT2D eigenvalue weighted by Gasteiger charge is -2.33. The molecule has 1 aliphatic heterocycles. The fraction of sp³-hybridized carbons (Fsp3) is 1.00. The molecule has 74 valence electrons. The van der Waals surface area contributed by atoms with E-state index in [9.17, 15) is 0 Å². The average molecular weight is 196 g/mol. The van der Waals surface area contributed by atoms with Gasteiger partial charge in [-0.05, 0) is 32.9 Å². The lowest BCUT2D eigenvalue weighted by molar-refractivity contribution is -0.0631. The standard InChI is InChI=1S/C8H17NO2.ClH/c1-8(11-7-6-10)2-4-9-5-3-8;/h9-10H,2-7H2,1H3;1H. The van der Waals surface area contributed by atoms with Gasteiger partial charge in [0.05, 0.1) is 18.8 Å². The topological polar surface area (TPSA) is 41.5 Å². The fourth-order valence-corrected chi connectivity index (χ4v) is 1.39. The second kappa shape index (κ2) is 5.75. The van der Waals surface area contributed by atoms with Crippen LogP contribution in [0.5, 0.6) is 0 Å². The number of hydrogen-bond donors (Lipinski definition) is 2. The molecule has 1 heterocycles. The van der Waals surface area contributed by atoms with Crippen LogP contribution in [0.4, 0.5) is 0 Å². The number of hydrogen-bond acceptors (Lipinski definition) is 3. The number of aliphatic hydroxyl groups excluding tert-OH is 1. The molecule has 0 aromatic rings. The molecule has 1 rings (SSSR count). The van der Waals surface area contributed by atoms with Crippen LogP contribution in [0.3, 0.4) is 0 Å². The molecule has 0 amide bonds. The van der Waals surface area contributed by atoms with Crippen molar-refractivity contribution < 1.29 is 9.84 Å². The van der Waals surface area contributed by atoms with Crippen molar-refractivity contribution >= 4 is 12.4 Å². The molecule has 0 aromatic heterocycles. The van der Waals surface area contributed by atoms with E-state index in [-0.39, 0.29) is 24.6 Å². The number of aliphatic hydroxyl groups is 1. The molecule has 0 saturated carbocycles. The summed E-state index contributed by atoms with van der Waals surface area (Å²) in [4.78, 5) is 0. The lowest BCUT2D eigenvalue weighted by Crippen LogP contribution is -2.42. The van der Waals surface area contributed by atoms with Gasteiger partial charge in [0, 0.05) is 0 Å². The highest BCUT2D eigenvalue weighted by Crippen LogP contribution is 2.21. The highest BCUT2D eigenvalue weighted by molar-refractivity contribution is 5.85. The molecule has 4 heteroatoms. The first-order chi connectivity index (χ1) is 5.27. The predicted molar refractivity (Wildman–Crippen MR) is 50.8 cm³/mol. The number of piperidine rings is 1. The van der Waals surface area contributed by atoms with Crippen LogP contribution in [0.1, 0.15) is 19.8 Å². The van der Waals surface area contributed by atoms with Gasteiger partial charge in [-0.3, -0.25) is 0 Å². The molecule has 2 N–H and O–H groups in total. The van der Waals surface area contributed by atoms with Crippen LogP contribution in [-0.2, 0) is 4.74 Å². The molecule has 3 nitrogen and oxygen atoms in total. The van der Waals surface area contributed by atoms with Gasteiger partial charge < -0.3 is 15.2 Å². The first-order valence-electron chi connectivity index (χ1n) is 4.22. The summed E-state index contributed by atoms with van der Waals surface area (Å²) in [7, 11) is 0. The van der Waals surface area contributed by atoms with Crippen molar-refractivity contribution in [3.8, 4) is 0 Å². The summed E-state index contributed by atoms with van der Waals surface area (Å²) in [5, 5.41) is 11.8. The number of ether oxygens (including phenoxy) is 1. The number of halogens is 1. The Bertz CT molecular complexity index is 116. The van der Waals surface area contributed by atoms with Crippen LogP contribution in [-0.4, -0.2) is 37.0 Å². The van der Waals surface area contributed by atoms with Crippen molar-refractivity contribution in [3.63, 3.8) is 0 Å². The molecule has 1 saturated heterocycles. The Morgan fingerprint density at radius 3 is 2.50 bits per heavy atom. The van der Waals surface area contributed by atoms with Gasteiger partial charge in [-0.1, -0.05) is 0 Å². The van der Waals surface area contributed by atoms with E-state index in [0.717, 1.165) is 25.9 Å². The SMILES string of the molecule is CC1(OCCO)CCNCC1.Cl. The quantitative estimate of drug-likeness (QED) is 0.692. The average Bonchev–Trinajstić information content (AvgIpc) is 2.03. The van der Waals surface area contributed by atoms with Gasteiger partial charge >= 0.3 is 0 Å². The van der Waals surface area contributed by atoms with Gasteiger partial charge in [0.25, 0.3) is 0 Å². The van der Waals surface area contributed by atoms with Crippen molar-refractivity contribution in [1.82, 2.24) is 5.32 Å². The molecule has 12 heavy (non-hydrogen) atoms. The predicted octanol–water partition coefficient (Wildman–Crippen LogP) is 0.559. The Morgan fingerprint density at radius 2 is 2.00 bits per heavy atom. The molecule has 1 aliphatic rings. The maximum Gasteiger partial charge on any atom is 0.0705 e. The molecule has 0 radical (unpaired) electrons. The molecule has 0 aliphatic carbocycles. The third-order valence-corrected chi connectivity index (χ3v) is 2.20. The summed E-state index contributed by atoms with van der Waals surface area (Å²) in [6.07, 6.45) is 2.10.